The van der Waals surface area contributed by atoms with Gasteiger partial charge in [0.15, 0.2) is 11.6 Å². The lowest BCUT2D eigenvalue weighted by molar-refractivity contribution is 0.179. The van der Waals surface area contributed by atoms with Crippen LogP contribution in [0.25, 0.3) is 0 Å². The van der Waals surface area contributed by atoms with E-state index in [0.717, 1.165) is 37.5 Å². The smallest absolute Gasteiger partial charge is 0.165 e. The largest absolute Gasteiger partial charge is 0.505 e. The maximum Gasteiger partial charge on any atom is 0.165 e. The van der Waals surface area contributed by atoms with E-state index in [1.54, 1.807) is 12.3 Å². The number of piperazine rings is 1. The fourth-order valence-electron chi connectivity index (χ4n) is 2.64. The molecule has 0 bridgehead atoms. The van der Waals surface area contributed by atoms with E-state index in [0.29, 0.717) is 0 Å². The van der Waals surface area contributed by atoms with Crippen molar-refractivity contribution in [2.45, 2.75) is 6.04 Å². The second-order valence-corrected chi connectivity index (χ2v) is 4.91. The average Bonchev–Trinajstić information content (AvgIpc) is 2.98. The van der Waals surface area contributed by atoms with Crippen molar-refractivity contribution in [1.29, 1.82) is 0 Å². The Morgan fingerprint density at radius 1 is 1.24 bits per heavy atom. The van der Waals surface area contributed by atoms with Crippen LogP contribution in [0.4, 0.5) is 4.39 Å². The number of nitrogens with one attached hydrogen (secondary N) is 1. The van der Waals surface area contributed by atoms with E-state index in [9.17, 15) is 9.50 Å². The zero-order valence-electron chi connectivity index (χ0n) is 11.5. The van der Waals surface area contributed by atoms with Crippen LogP contribution in [0.15, 0.2) is 41.0 Å². The van der Waals surface area contributed by atoms with Gasteiger partial charge in [0, 0.05) is 26.2 Å². The topological polar surface area (TPSA) is 48.6 Å². The van der Waals surface area contributed by atoms with Crippen LogP contribution in [0.1, 0.15) is 17.4 Å². The normalized spacial score (nSPS) is 17.2. The first-order valence-electron chi connectivity index (χ1n) is 6.72. The number of nitrogens with zero attached hydrogens (tertiary/aromatic N) is 1. The van der Waals surface area contributed by atoms with Crippen LogP contribution in [-0.2, 0) is 0 Å². The molecule has 21 heavy (non-hydrogen) atoms. The number of phenolic OH excluding ortho intramolecular Hbond substituents is 1. The number of furan rings is 1. The first kappa shape index (κ1) is 15.8. The van der Waals surface area contributed by atoms with Gasteiger partial charge in [-0.1, -0.05) is 6.07 Å². The van der Waals surface area contributed by atoms with Crippen molar-refractivity contribution < 1.29 is 13.9 Å². The van der Waals surface area contributed by atoms with Crippen LogP contribution < -0.4 is 5.32 Å². The molecule has 2 N–H and O–H groups in total. The molecule has 1 aromatic carbocycles. The van der Waals surface area contributed by atoms with E-state index in [4.69, 9.17) is 4.42 Å². The van der Waals surface area contributed by atoms with E-state index in [1.807, 2.05) is 12.1 Å². The molecule has 1 aromatic heterocycles. The molecule has 0 radical (unpaired) electrons. The average molecular weight is 313 g/mol. The summed E-state index contributed by atoms with van der Waals surface area (Å²) < 4.78 is 19.2. The standard InChI is InChI=1S/C15H17FN2O2.ClH/c16-12-10-11(3-4-13(12)19)15(14-2-1-9-20-14)18-7-5-17-6-8-18;/h1-4,9-10,15,17,19H,5-8H2;1H/t15-;/m1./s1. The third-order valence-electron chi connectivity index (χ3n) is 3.62. The van der Waals surface area contributed by atoms with Crippen LogP contribution >= 0.6 is 12.4 Å². The zero-order valence-corrected chi connectivity index (χ0v) is 12.3. The first-order chi connectivity index (χ1) is 9.75. The predicted molar refractivity (Wildman–Crippen MR) is 80.3 cm³/mol. The Morgan fingerprint density at radius 3 is 2.62 bits per heavy atom. The highest BCUT2D eigenvalue weighted by Crippen LogP contribution is 2.31. The quantitative estimate of drug-likeness (QED) is 0.914. The number of phenols is 1. The van der Waals surface area contributed by atoms with Crippen LogP contribution in [0.3, 0.4) is 0 Å². The van der Waals surface area contributed by atoms with Gasteiger partial charge in [0.1, 0.15) is 5.76 Å². The van der Waals surface area contributed by atoms with Gasteiger partial charge in [-0.3, -0.25) is 4.90 Å². The monoisotopic (exact) mass is 312 g/mol. The highest BCUT2D eigenvalue weighted by atomic mass is 35.5. The third kappa shape index (κ3) is 3.37. The number of aromatic hydroxyl groups is 1. The van der Waals surface area contributed by atoms with Crippen molar-refractivity contribution in [3.8, 4) is 5.75 Å². The highest BCUT2D eigenvalue weighted by molar-refractivity contribution is 5.85. The van der Waals surface area contributed by atoms with Crippen LogP contribution in [0, 0.1) is 5.82 Å². The summed E-state index contributed by atoms with van der Waals surface area (Å²) in [4.78, 5) is 2.25. The molecule has 0 spiro atoms. The fraction of sp³-hybridized carbons (Fsp3) is 0.333. The summed E-state index contributed by atoms with van der Waals surface area (Å²) in [6.07, 6.45) is 1.63. The van der Waals surface area contributed by atoms with Crippen molar-refractivity contribution in [1.82, 2.24) is 10.2 Å². The van der Waals surface area contributed by atoms with Gasteiger partial charge >= 0.3 is 0 Å². The molecule has 1 aliphatic rings. The second-order valence-electron chi connectivity index (χ2n) is 4.91. The molecule has 2 aromatic rings. The van der Waals surface area contributed by atoms with Gasteiger partial charge in [-0.05, 0) is 29.8 Å². The summed E-state index contributed by atoms with van der Waals surface area (Å²) in [6.45, 7) is 3.54. The minimum Gasteiger partial charge on any atom is -0.505 e. The molecule has 114 valence electrons. The Balaban J connectivity index is 0.00000161. The third-order valence-corrected chi connectivity index (χ3v) is 3.62. The summed E-state index contributed by atoms with van der Waals surface area (Å²) in [5.74, 6) is -0.140. The number of halogens is 2. The second kappa shape index (κ2) is 6.93. The van der Waals surface area contributed by atoms with Gasteiger partial charge in [0.05, 0.1) is 12.3 Å². The van der Waals surface area contributed by atoms with E-state index in [-0.39, 0.29) is 24.2 Å². The Bertz CT molecular complexity index is 571. The highest BCUT2D eigenvalue weighted by Gasteiger charge is 2.26. The van der Waals surface area contributed by atoms with Gasteiger partial charge in [-0.15, -0.1) is 12.4 Å². The van der Waals surface area contributed by atoms with Crippen molar-refractivity contribution in [2.24, 2.45) is 0 Å². The van der Waals surface area contributed by atoms with E-state index in [1.165, 1.54) is 12.1 Å². The minimum atomic E-state index is -0.603. The molecule has 6 heteroatoms. The summed E-state index contributed by atoms with van der Waals surface area (Å²) in [5, 5.41) is 12.6. The van der Waals surface area contributed by atoms with E-state index >= 15 is 0 Å². The summed E-state index contributed by atoms with van der Waals surface area (Å²) >= 11 is 0. The Hall–Kier alpha value is -1.56. The molecular weight excluding hydrogens is 295 g/mol. The Kier molecular flexibility index (Phi) is 5.22. The predicted octanol–water partition coefficient (Wildman–Crippen LogP) is 2.54. The molecule has 1 saturated heterocycles. The molecular formula is C15H18ClFN2O2. The SMILES string of the molecule is Cl.Oc1ccc([C@H](c2ccco2)N2CCNCC2)cc1F. The summed E-state index contributed by atoms with van der Waals surface area (Å²) in [7, 11) is 0. The minimum absolute atomic E-state index is 0. The lowest BCUT2D eigenvalue weighted by Crippen LogP contribution is -2.45. The van der Waals surface area contributed by atoms with Gasteiger partial charge in [-0.2, -0.15) is 0 Å². The lowest BCUT2D eigenvalue weighted by Gasteiger charge is -2.34. The number of benzene rings is 1. The number of hydrogen-bond donors (Lipinski definition) is 2. The Labute approximate surface area is 129 Å². The summed E-state index contributed by atoms with van der Waals surface area (Å²) in [5.41, 5.74) is 0.789. The number of hydrogen-bond acceptors (Lipinski definition) is 4. The van der Waals surface area contributed by atoms with Gasteiger partial charge in [0.25, 0.3) is 0 Å². The van der Waals surface area contributed by atoms with Crippen molar-refractivity contribution in [3.05, 3.63) is 53.7 Å². The van der Waals surface area contributed by atoms with Crippen molar-refractivity contribution >= 4 is 12.4 Å². The molecule has 0 unspecified atom stereocenters. The van der Waals surface area contributed by atoms with Crippen LogP contribution in [-0.4, -0.2) is 36.2 Å². The molecule has 3 rings (SSSR count). The molecule has 0 saturated carbocycles. The first-order valence-corrected chi connectivity index (χ1v) is 6.72. The van der Waals surface area contributed by atoms with Gasteiger partial charge in [0.2, 0.25) is 0 Å². The number of rotatable bonds is 3. The van der Waals surface area contributed by atoms with Crippen molar-refractivity contribution in [2.75, 3.05) is 26.2 Å². The molecule has 1 aliphatic heterocycles. The van der Waals surface area contributed by atoms with Gasteiger partial charge in [-0.25, -0.2) is 4.39 Å². The van der Waals surface area contributed by atoms with E-state index in [2.05, 4.69) is 10.2 Å². The molecule has 1 atom stereocenters. The van der Waals surface area contributed by atoms with Crippen LogP contribution in [0.2, 0.25) is 0 Å². The zero-order chi connectivity index (χ0) is 13.9. The fourth-order valence-corrected chi connectivity index (χ4v) is 2.64. The summed E-state index contributed by atoms with van der Waals surface area (Å²) in [6, 6.07) is 8.13. The van der Waals surface area contributed by atoms with E-state index < -0.39 is 5.82 Å². The molecule has 0 amide bonds. The molecule has 4 nitrogen and oxygen atoms in total. The Morgan fingerprint density at radius 2 is 2.00 bits per heavy atom. The van der Waals surface area contributed by atoms with Gasteiger partial charge < -0.3 is 14.8 Å². The van der Waals surface area contributed by atoms with Crippen LogP contribution in [0.5, 0.6) is 5.75 Å². The molecule has 2 heterocycles. The molecule has 1 fully saturated rings. The maximum absolute atomic E-state index is 13.6. The lowest BCUT2D eigenvalue weighted by atomic mass is 10.0. The maximum atomic E-state index is 13.6. The van der Waals surface area contributed by atoms with Crippen molar-refractivity contribution in [3.63, 3.8) is 0 Å². The molecule has 0 aliphatic carbocycles.